The molecule has 1 amide bonds. The van der Waals surface area contributed by atoms with Crippen LogP contribution in [0.2, 0.25) is 0 Å². The fourth-order valence-electron chi connectivity index (χ4n) is 4.20. The van der Waals surface area contributed by atoms with Gasteiger partial charge in [0.1, 0.15) is 5.82 Å². The van der Waals surface area contributed by atoms with Gasteiger partial charge in [0.25, 0.3) is 0 Å². The number of rotatable bonds is 7. The van der Waals surface area contributed by atoms with E-state index in [1.807, 2.05) is 35.2 Å². The Hall–Kier alpha value is -2.16. The Kier molecular flexibility index (Phi) is 8.28. The van der Waals surface area contributed by atoms with Gasteiger partial charge in [0.15, 0.2) is 5.96 Å². The molecule has 2 aromatic carbocycles. The molecule has 2 aromatic rings. The maximum absolute atomic E-state index is 14.0. The summed E-state index contributed by atoms with van der Waals surface area (Å²) in [5.74, 6) is 1.26. The van der Waals surface area contributed by atoms with Crippen molar-refractivity contribution in [1.29, 1.82) is 0 Å². The summed E-state index contributed by atoms with van der Waals surface area (Å²) < 4.78 is 14.0. The fraction of sp³-hybridized carbons (Fsp3) is 0.417. The van der Waals surface area contributed by atoms with Crippen LogP contribution in [0.4, 0.5) is 4.39 Å². The third-order valence-corrected chi connectivity index (χ3v) is 6.01. The molecule has 2 N–H and O–H groups in total. The van der Waals surface area contributed by atoms with Crippen LogP contribution in [0, 0.1) is 11.7 Å². The number of halogens is 2. The molecule has 31 heavy (non-hydrogen) atoms. The lowest BCUT2D eigenvalue weighted by molar-refractivity contribution is -0.127. The van der Waals surface area contributed by atoms with Gasteiger partial charge in [-0.1, -0.05) is 48.5 Å². The third-order valence-electron chi connectivity index (χ3n) is 6.01. The van der Waals surface area contributed by atoms with Crippen LogP contribution in [0.3, 0.4) is 0 Å². The minimum Gasteiger partial charge on any atom is -0.356 e. The molecule has 5 nitrogen and oxygen atoms in total. The van der Waals surface area contributed by atoms with Crippen LogP contribution in [0.15, 0.2) is 59.6 Å². The van der Waals surface area contributed by atoms with E-state index in [1.165, 1.54) is 11.6 Å². The highest BCUT2D eigenvalue weighted by Gasteiger charge is 2.40. The summed E-state index contributed by atoms with van der Waals surface area (Å²) in [7, 11) is 1.74. The van der Waals surface area contributed by atoms with E-state index in [0.717, 1.165) is 31.5 Å². The Morgan fingerprint density at radius 1 is 1.16 bits per heavy atom. The second kappa shape index (κ2) is 10.9. The van der Waals surface area contributed by atoms with Gasteiger partial charge < -0.3 is 15.5 Å². The number of hydrogen-bond acceptors (Lipinski definition) is 2. The molecule has 2 aliphatic rings. The molecule has 4 rings (SSSR count). The third kappa shape index (κ3) is 6.18. The topological polar surface area (TPSA) is 56.7 Å². The number of nitrogens with one attached hydrogen (secondary N) is 2. The van der Waals surface area contributed by atoms with Gasteiger partial charge >= 0.3 is 0 Å². The SMILES string of the molecule is CN=C(NCC1CC(=O)N(CCc2ccccc2)C1)NC1CC1c1ccccc1F.I. The molecule has 0 aromatic heterocycles. The van der Waals surface area contributed by atoms with Crippen LogP contribution in [0.1, 0.15) is 29.9 Å². The van der Waals surface area contributed by atoms with Crippen molar-refractivity contribution in [2.75, 3.05) is 26.7 Å². The van der Waals surface area contributed by atoms with Crippen LogP contribution in [-0.4, -0.2) is 49.5 Å². The van der Waals surface area contributed by atoms with Crippen molar-refractivity contribution in [3.05, 3.63) is 71.5 Å². The average molecular weight is 536 g/mol. The van der Waals surface area contributed by atoms with Crippen molar-refractivity contribution in [3.63, 3.8) is 0 Å². The average Bonchev–Trinajstić information content (AvgIpc) is 3.43. The molecule has 0 bridgehead atoms. The molecule has 1 aliphatic carbocycles. The first-order valence-electron chi connectivity index (χ1n) is 10.7. The molecule has 3 unspecified atom stereocenters. The fourth-order valence-corrected chi connectivity index (χ4v) is 4.20. The van der Waals surface area contributed by atoms with Crippen LogP contribution >= 0.6 is 24.0 Å². The molecule has 1 saturated carbocycles. The lowest BCUT2D eigenvalue weighted by atomic mass is 10.1. The van der Waals surface area contributed by atoms with Crippen molar-refractivity contribution < 1.29 is 9.18 Å². The Balaban J connectivity index is 0.00000272. The molecule has 2 fully saturated rings. The molecule has 1 saturated heterocycles. The number of likely N-dealkylation sites (tertiary alicyclic amines) is 1. The highest BCUT2D eigenvalue weighted by atomic mass is 127. The van der Waals surface area contributed by atoms with Gasteiger partial charge in [0.2, 0.25) is 5.91 Å². The maximum atomic E-state index is 14.0. The van der Waals surface area contributed by atoms with Gasteiger partial charge in [0.05, 0.1) is 0 Å². The van der Waals surface area contributed by atoms with Gasteiger partial charge in [-0.2, -0.15) is 0 Å². The zero-order valence-corrected chi connectivity index (χ0v) is 20.1. The molecular formula is C24H30FIN4O. The first-order chi connectivity index (χ1) is 14.6. The zero-order valence-electron chi connectivity index (χ0n) is 17.8. The number of carbonyl (C=O) groups is 1. The first kappa shape index (κ1) is 23.5. The van der Waals surface area contributed by atoms with Gasteiger partial charge in [0, 0.05) is 51.0 Å². The van der Waals surface area contributed by atoms with Crippen LogP contribution < -0.4 is 10.6 Å². The van der Waals surface area contributed by atoms with E-state index in [2.05, 4.69) is 27.8 Å². The molecule has 0 radical (unpaired) electrons. The predicted molar refractivity (Wildman–Crippen MR) is 132 cm³/mol. The Morgan fingerprint density at radius 2 is 1.90 bits per heavy atom. The first-order valence-corrected chi connectivity index (χ1v) is 10.7. The van der Waals surface area contributed by atoms with E-state index in [0.29, 0.717) is 18.9 Å². The summed E-state index contributed by atoms with van der Waals surface area (Å²) in [4.78, 5) is 18.6. The Morgan fingerprint density at radius 3 is 2.65 bits per heavy atom. The minimum absolute atomic E-state index is 0. The molecule has 3 atom stereocenters. The van der Waals surface area contributed by atoms with Gasteiger partial charge in [-0.15, -0.1) is 24.0 Å². The summed E-state index contributed by atoms with van der Waals surface area (Å²) in [6.07, 6.45) is 2.35. The van der Waals surface area contributed by atoms with Crippen LogP contribution in [0.25, 0.3) is 0 Å². The van der Waals surface area contributed by atoms with Gasteiger partial charge in [-0.3, -0.25) is 9.79 Å². The molecule has 7 heteroatoms. The lowest BCUT2D eigenvalue weighted by Gasteiger charge is -2.18. The summed E-state index contributed by atoms with van der Waals surface area (Å²) in [6, 6.07) is 17.4. The van der Waals surface area contributed by atoms with Crippen molar-refractivity contribution in [1.82, 2.24) is 15.5 Å². The standard InChI is InChI=1S/C24H29FN4O.HI/c1-26-24(28-22-14-20(22)19-9-5-6-10-21(19)25)27-15-18-13-23(30)29(16-18)12-11-17-7-3-2-4-8-17;/h2-10,18,20,22H,11-16H2,1H3,(H2,26,27,28);1H. The number of amides is 1. The van der Waals surface area contributed by atoms with Crippen molar-refractivity contribution in [2.24, 2.45) is 10.9 Å². The van der Waals surface area contributed by atoms with Crippen LogP contribution in [0.5, 0.6) is 0 Å². The monoisotopic (exact) mass is 536 g/mol. The predicted octanol–water partition coefficient (Wildman–Crippen LogP) is 3.56. The van der Waals surface area contributed by atoms with E-state index >= 15 is 0 Å². The van der Waals surface area contributed by atoms with Crippen molar-refractivity contribution in [2.45, 2.75) is 31.2 Å². The number of nitrogens with zero attached hydrogens (tertiary/aromatic N) is 2. The summed E-state index contributed by atoms with van der Waals surface area (Å²) in [5.41, 5.74) is 2.02. The number of guanidine groups is 1. The molecule has 1 aliphatic heterocycles. The van der Waals surface area contributed by atoms with Gasteiger partial charge in [-0.25, -0.2) is 4.39 Å². The van der Waals surface area contributed by atoms with E-state index in [4.69, 9.17) is 0 Å². The Bertz CT molecular complexity index is 907. The van der Waals surface area contributed by atoms with Crippen molar-refractivity contribution >= 4 is 35.8 Å². The second-order valence-corrected chi connectivity index (χ2v) is 8.21. The quantitative estimate of drug-likeness (QED) is 0.324. The normalized spacial score (nSPS) is 22.8. The number of carbonyl (C=O) groups excluding carboxylic acids is 1. The largest absolute Gasteiger partial charge is 0.356 e. The maximum Gasteiger partial charge on any atom is 0.223 e. The number of benzene rings is 2. The van der Waals surface area contributed by atoms with E-state index in [1.54, 1.807) is 13.1 Å². The molecular weight excluding hydrogens is 506 g/mol. The highest BCUT2D eigenvalue weighted by Crippen LogP contribution is 2.41. The highest BCUT2D eigenvalue weighted by molar-refractivity contribution is 14.0. The minimum atomic E-state index is -0.144. The molecule has 166 valence electrons. The van der Waals surface area contributed by atoms with E-state index < -0.39 is 0 Å². The van der Waals surface area contributed by atoms with Gasteiger partial charge in [-0.05, 0) is 30.0 Å². The van der Waals surface area contributed by atoms with E-state index in [9.17, 15) is 9.18 Å². The summed E-state index contributed by atoms with van der Waals surface area (Å²) >= 11 is 0. The second-order valence-electron chi connectivity index (χ2n) is 8.21. The van der Waals surface area contributed by atoms with Crippen molar-refractivity contribution in [3.8, 4) is 0 Å². The Labute approximate surface area is 200 Å². The summed E-state index contributed by atoms with van der Waals surface area (Å²) in [6.45, 7) is 2.24. The van der Waals surface area contributed by atoms with Crippen LogP contribution in [-0.2, 0) is 11.2 Å². The number of hydrogen-bond donors (Lipinski definition) is 2. The zero-order chi connectivity index (χ0) is 20.9. The summed E-state index contributed by atoms with van der Waals surface area (Å²) in [5, 5.41) is 6.73. The number of aliphatic imine (C=N–C) groups is 1. The van der Waals surface area contributed by atoms with E-state index in [-0.39, 0.29) is 53.6 Å². The smallest absolute Gasteiger partial charge is 0.223 e. The molecule has 1 heterocycles. The molecule has 0 spiro atoms. The lowest BCUT2D eigenvalue weighted by Crippen LogP contribution is -2.41.